The zero-order valence-corrected chi connectivity index (χ0v) is 8.21. The normalized spacial score (nSPS) is 48.3. The molecule has 1 saturated heterocycles. The molecule has 3 aliphatic rings. The van der Waals surface area contributed by atoms with E-state index in [4.69, 9.17) is 0 Å². The third-order valence-corrected chi connectivity index (χ3v) is 3.95. The van der Waals surface area contributed by atoms with Crippen molar-refractivity contribution < 1.29 is 13.9 Å². The van der Waals surface area contributed by atoms with E-state index < -0.39 is 23.3 Å². The summed E-state index contributed by atoms with van der Waals surface area (Å²) in [5.74, 6) is -2.10. The Kier molecular flexibility index (Phi) is 1.83. The third kappa shape index (κ3) is 1.04. The molecular weight excluding hydrogens is 200 g/mol. The Morgan fingerprint density at radius 1 is 1.40 bits per heavy atom. The van der Waals surface area contributed by atoms with Crippen molar-refractivity contribution in [3.63, 3.8) is 0 Å². The Bertz CT molecular complexity index is 366. The lowest BCUT2D eigenvalue weighted by molar-refractivity contribution is 0.00827. The third-order valence-electron chi connectivity index (χ3n) is 3.95. The maximum Gasteiger partial charge on any atom is 0.169 e. The SMILES string of the molecule is OC12C(F)=C(F)C=CC1NC1CCCC12. The molecule has 82 valence electrons. The molecule has 0 amide bonds. The van der Waals surface area contributed by atoms with Crippen molar-refractivity contribution >= 4 is 0 Å². The van der Waals surface area contributed by atoms with Crippen LogP contribution in [0.2, 0.25) is 0 Å². The topological polar surface area (TPSA) is 32.3 Å². The highest BCUT2D eigenvalue weighted by Gasteiger charge is 2.59. The summed E-state index contributed by atoms with van der Waals surface area (Å²) in [6.07, 6.45) is 5.29. The van der Waals surface area contributed by atoms with Crippen molar-refractivity contribution in [1.82, 2.24) is 5.32 Å². The highest BCUT2D eigenvalue weighted by atomic mass is 19.2. The van der Waals surface area contributed by atoms with Crippen molar-refractivity contribution in [2.45, 2.75) is 36.9 Å². The number of rotatable bonds is 0. The number of hydrogen-bond donors (Lipinski definition) is 2. The number of hydrogen-bond acceptors (Lipinski definition) is 2. The first-order chi connectivity index (χ1) is 7.14. The summed E-state index contributed by atoms with van der Waals surface area (Å²) in [7, 11) is 0. The van der Waals surface area contributed by atoms with Crippen LogP contribution in [-0.2, 0) is 0 Å². The van der Waals surface area contributed by atoms with Crippen LogP contribution < -0.4 is 5.32 Å². The molecule has 2 N–H and O–H groups in total. The smallest absolute Gasteiger partial charge is 0.169 e. The lowest BCUT2D eigenvalue weighted by Crippen LogP contribution is -2.47. The van der Waals surface area contributed by atoms with Gasteiger partial charge in [-0.15, -0.1) is 0 Å². The van der Waals surface area contributed by atoms with Crippen LogP contribution in [0.25, 0.3) is 0 Å². The van der Waals surface area contributed by atoms with E-state index in [1.807, 2.05) is 0 Å². The molecule has 0 aromatic carbocycles. The minimum absolute atomic E-state index is 0.126. The highest BCUT2D eigenvalue weighted by Crippen LogP contribution is 2.48. The number of halogens is 2. The summed E-state index contributed by atoms with van der Waals surface area (Å²) in [5, 5.41) is 13.5. The van der Waals surface area contributed by atoms with Gasteiger partial charge >= 0.3 is 0 Å². The largest absolute Gasteiger partial charge is 0.380 e. The molecule has 0 spiro atoms. The molecule has 3 rings (SSSR count). The van der Waals surface area contributed by atoms with Crippen LogP contribution in [0.4, 0.5) is 8.78 Å². The van der Waals surface area contributed by atoms with E-state index in [2.05, 4.69) is 5.32 Å². The lowest BCUT2D eigenvalue weighted by Gasteiger charge is -2.33. The van der Waals surface area contributed by atoms with Crippen molar-refractivity contribution in [3.05, 3.63) is 23.8 Å². The number of aliphatic hydroxyl groups is 1. The fourth-order valence-electron chi connectivity index (χ4n) is 3.22. The van der Waals surface area contributed by atoms with Crippen LogP contribution in [0.5, 0.6) is 0 Å². The Balaban J connectivity index is 2.07. The van der Waals surface area contributed by atoms with E-state index in [0.29, 0.717) is 0 Å². The first kappa shape index (κ1) is 9.48. The second-order valence-corrected chi connectivity index (χ2v) is 4.63. The number of nitrogens with one attached hydrogen (secondary N) is 1. The van der Waals surface area contributed by atoms with E-state index in [9.17, 15) is 13.9 Å². The molecule has 0 aromatic rings. The zero-order valence-electron chi connectivity index (χ0n) is 8.21. The van der Waals surface area contributed by atoms with Gasteiger partial charge in [0.1, 0.15) is 5.60 Å². The van der Waals surface area contributed by atoms with E-state index >= 15 is 0 Å². The average Bonchev–Trinajstić information content (AvgIpc) is 2.75. The molecule has 4 atom stereocenters. The van der Waals surface area contributed by atoms with Crippen molar-refractivity contribution in [2.24, 2.45) is 5.92 Å². The van der Waals surface area contributed by atoms with Gasteiger partial charge in [-0.1, -0.05) is 12.5 Å². The van der Waals surface area contributed by atoms with Crippen LogP contribution in [-0.4, -0.2) is 22.8 Å². The standard InChI is InChI=1S/C11H13F2NO/c12-7-4-5-9-11(15,10(7)13)6-2-1-3-8(6)14-9/h4-6,8-9,14-15H,1-3H2. The Hall–Kier alpha value is -0.740. The van der Waals surface area contributed by atoms with Crippen molar-refractivity contribution in [2.75, 3.05) is 0 Å². The fraction of sp³-hybridized carbons (Fsp3) is 0.636. The molecule has 1 saturated carbocycles. The maximum absolute atomic E-state index is 13.7. The van der Waals surface area contributed by atoms with Crippen molar-refractivity contribution in [1.29, 1.82) is 0 Å². The first-order valence-electron chi connectivity index (χ1n) is 5.36. The molecule has 0 aromatic heterocycles. The van der Waals surface area contributed by atoms with Crippen LogP contribution in [0.3, 0.4) is 0 Å². The van der Waals surface area contributed by atoms with Crippen molar-refractivity contribution in [3.8, 4) is 0 Å². The van der Waals surface area contributed by atoms with Crippen LogP contribution >= 0.6 is 0 Å². The van der Waals surface area contributed by atoms with Gasteiger partial charge < -0.3 is 10.4 Å². The molecule has 1 heterocycles. The van der Waals surface area contributed by atoms with Gasteiger partial charge in [-0.2, -0.15) is 0 Å². The second-order valence-electron chi connectivity index (χ2n) is 4.63. The van der Waals surface area contributed by atoms with E-state index in [0.717, 1.165) is 25.3 Å². The number of allylic oxidation sites excluding steroid dienone is 2. The van der Waals surface area contributed by atoms with Crippen LogP contribution in [0, 0.1) is 5.92 Å². The quantitative estimate of drug-likeness (QED) is 0.640. The predicted octanol–water partition coefficient (Wildman–Crippen LogP) is 1.58. The molecule has 2 aliphatic carbocycles. The summed E-state index contributed by atoms with van der Waals surface area (Å²) in [6, 6.07) is -0.339. The van der Waals surface area contributed by atoms with Crippen LogP contribution in [0.15, 0.2) is 23.8 Å². The van der Waals surface area contributed by atoms with E-state index in [-0.39, 0.29) is 12.0 Å². The summed E-state index contributed by atoms with van der Waals surface area (Å²) < 4.78 is 26.9. The lowest BCUT2D eigenvalue weighted by atomic mass is 9.79. The van der Waals surface area contributed by atoms with Gasteiger partial charge in [-0.05, 0) is 18.9 Å². The van der Waals surface area contributed by atoms with Gasteiger partial charge in [0.2, 0.25) is 0 Å². The van der Waals surface area contributed by atoms with Crippen LogP contribution in [0.1, 0.15) is 19.3 Å². The first-order valence-corrected chi connectivity index (χ1v) is 5.36. The molecule has 4 unspecified atom stereocenters. The Labute approximate surface area is 86.7 Å². The summed E-state index contributed by atoms with van der Waals surface area (Å²) in [6.45, 7) is 0. The molecule has 1 aliphatic heterocycles. The van der Waals surface area contributed by atoms with E-state index in [1.165, 1.54) is 6.08 Å². The summed E-state index contributed by atoms with van der Waals surface area (Å²) in [5.41, 5.74) is -1.64. The molecule has 15 heavy (non-hydrogen) atoms. The predicted molar refractivity (Wildman–Crippen MR) is 51.4 cm³/mol. The fourth-order valence-corrected chi connectivity index (χ4v) is 3.22. The van der Waals surface area contributed by atoms with Gasteiger partial charge in [0.05, 0.1) is 6.04 Å². The van der Waals surface area contributed by atoms with Gasteiger partial charge in [-0.25, -0.2) is 8.78 Å². The molecule has 2 nitrogen and oxygen atoms in total. The monoisotopic (exact) mass is 213 g/mol. The maximum atomic E-state index is 13.7. The molecule has 4 heteroatoms. The molecule has 2 fully saturated rings. The minimum Gasteiger partial charge on any atom is -0.380 e. The van der Waals surface area contributed by atoms with Gasteiger partial charge in [0.25, 0.3) is 0 Å². The van der Waals surface area contributed by atoms with Gasteiger partial charge in [-0.3, -0.25) is 0 Å². The van der Waals surface area contributed by atoms with E-state index in [1.54, 1.807) is 0 Å². The zero-order chi connectivity index (χ0) is 10.6. The summed E-state index contributed by atoms with van der Waals surface area (Å²) in [4.78, 5) is 0. The highest BCUT2D eigenvalue weighted by molar-refractivity contribution is 5.37. The molecular formula is C11H13F2NO. The Morgan fingerprint density at radius 3 is 3.00 bits per heavy atom. The number of fused-ring (bicyclic) bond motifs is 3. The molecule has 0 bridgehead atoms. The summed E-state index contributed by atoms with van der Waals surface area (Å²) >= 11 is 0. The minimum atomic E-state index is -1.64. The van der Waals surface area contributed by atoms with Gasteiger partial charge in [0, 0.05) is 12.0 Å². The second kappa shape index (κ2) is 2.89. The average molecular weight is 213 g/mol. The Morgan fingerprint density at radius 2 is 2.20 bits per heavy atom. The molecule has 0 radical (unpaired) electrons. The van der Waals surface area contributed by atoms with Gasteiger partial charge in [0.15, 0.2) is 11.7 Å².